The van der Waals surface area contributed by atoms with Gasteiger partial charge >= 0.3 is 5.97 Å². The number of rotatable bonds is 10. The number of hydrogen-bond donors (Lipinski definition) is 1. The Morgan fingerprint density at radius 3 is 2.40 bits per heavy atom. The lowest BCUT2D eigenvalue weighted by Gasteiger charge is -2.11. The second kappa shape index (κ2) is 11.5. The van der Waals surface area contributed by atoms with Crippen LogP contribution in [-0.4, -0.2) is 17.7 Å². The predicted octanol–water partition coefficient (Wildman–Crippen LogP) is 6.05. The Labute approximate surface area is 152 Å². The number of allylic oxidation sites excluding steroid dienone is 4. The minimum atomic E-state index is -0.331. The fourth-order valence-corrected chi connectivity index (χ4v) is 2.48. The third-order valence-electron chi connectivity index (χ3n) is 4.19. The van der Waals surface area contributed by atoms with E-state index < -0.39 is 0 Å². The van der Waals surface area contributed by atoms with Gasteiger partial charge in [-0.2, -0.15) is 0 Å². The lowest BCUT2D eigenvalue weighted by Crippen LogP contribution is -2.09. The molecule has 3 heteroatoms. The number of aromatic hydroxyl groups is 1. The first-order chi connectivity index (χ1) is 11.9. The first-order valence-electron chi connectivity index (χ1n) is 9.13. The number of esters is 1. The SMILES string of the molecule is CC(C)=CCC/C(C)=C/CCC(C)CCOC(=O)c1ccc(O)cc1. The average Bonchev–Trinajstić information content (AvgIpc) is 2.55. The number of phenols is 1. The second-order valence-electron chi connectivity index (χ2n) is 7.02. The van der Waals surface area contributed by atoms with Crippen LogP contribution in [0.4, 0.5) is 0 Å². The summed E-state index contributed by atoms with van der Waals surface area (Å²) in [6, 6.07) is 6.13. The third-order valence-corrected chi connectivity index (χ3v) is 4.19. The highest BCUT2D eigenvalue weighted by Crippen LogP contribution is 2.15. The molecule has 0 amide bonds. The number of hydrogen-bond acceptors (Lipinski definition) is 3. The number of ether oxygens (including phenoxy) is 1. The summed E-state index contributed by atoms with van der Waals surface area (Å²) >= 11 is 0. The summed E-state index contributed by atoms with van der Waals surface area (Å²) in [5, 5.41) is 9.22. The van der Waals surface area contributed by atoms with Gasteiger partial charge in [0.2, 0.25) is 0 Å². The van der Waals surface area contributed by atoms with Crippen LogP contribution in [-0.2, 0) is 4.74 Å². The average molecular weight is 344 g/mol. The molecule has 1 atom stereocenters. The van der Waals surface area contributed by atoms with Gasteiger partial charge in [-0.1, -0.05) is 30.2 Å². The van der Waals surface area contributed by atoms with E-state index in [1.165, 1.54) is 23.3 Å². The van der Waals surface area contributed by atoms with Crippen molar-refractivity contribution in [3.8, 4) is 5.75 Å². The maximum atomic E-state index is 11.9. The van der Waals surface area contributed by atoms with Crippen molar-refractivity contribution in [3.63, 3.8) is 0 Å². The van der Waals surface area contributed by atoms with E-state index in [1.807, 2.05) is 0 Å². The van der Waals surface area contributed by atoms with Crippen LogP contribution in [0, 0.1) is 5.92 Å². The van der Waals surface area contributed by atoms with Crippen molar-refractivity contribution in [1.29, 1.82) is 0 Å². The van der Waals surface area contributed by atoms with Crippen LogP contribution in [0.25, 0.3) is 0 Å². The molecule has 0 aliphatic rings. The van der Waals surface area contributed by atoms with Crippen LogP contribution in [0.2, 0.25) is 0 Å². The quantitative estimate of drug-likeness (QED) is 0.415. The van der Waals surface area contributed by atoms with E-state index in [1.54, 1.807) is 12.1 Å². The van der Waals surface area contributed by atoms with Gasteiger partial charge in [0, 0.05) is 0 Å². The van der Waals surface area contributed by atoms with Gasteiger partial charge in [0.1, 0.15) is 5.75 Å². The Hall–Kier alpha value is -2.03. The maximum Gasteiger partial charge on any atom is 0.338 e. The smallest absolute Gasteiger partial charge is 0.338 e. The normalized spacial score (nSPS) is 12.6. The molecule has 0 saturated carbocycles. The maximum absolute atomic E-state index is 11.9. The van der Waals surface area contributed by atoms with Crippen molar-refractivity contribution in [2.45, 2.75) is 59.8 Å². The van der Waals surface area contributed by atoms with Gasteiger partial charge in [0.25, 0.3) is 0 Å². The van der Waals surface area contributed by atoms with Crippen LogP contribution in [0.1, 0.15) is 70.2 Å². The number of benzene rings is 1. The van der Waals surface area contributed by atoms with E-state index >= 15 is 0 Å². The molecule has 1 aromatic rings. The molecule has 3 nitrogen and oxygen atoms in total. The Balaban J connectivity index is 2.20. The van der Waals surface area contributed by atoms with E-state index in [9.17, 15) is 9.90 Å². The standard InChI is InChI=1S/C22H32O3/c1-17(2)7-5-8-18(3)9-6-10-19(4)15-16-25-22(24)20-11-13-21(23)14-12-20/h7,9,11-14,19,23H,5-6,8,10,15-16H2,1-4H3/b18-9+. The molecule has 0 bridgehead atoms. The zero-order valence-electron chi connectivity index (χ0n) is 16.0. The zero-order valence-corrected chi connectivity index (χ0v) is 16.0. The molecular weight excluding hydrogens is 312 g/mol. The summed E-state index contributed by atoms with van der Waals surface area (Å²) in [5.74, 6) is 0.339. The molecule has 1 rings (SSSR count). The van der Waals surface area contributed by atoms with Crippen molar-refractivity contribution in [3.05, 3.63) is 53.1 Å². The molecular formula is C22H32O3. The van der Waals surface area contributed by atoms with Crippen molar-refractivity contribution in [2.24, 2.45) is 5.92 Å². The molecule has 0 aromatic heterocycles. The van der Waals surface area contributed by atoms with Gasteiger partial charge in [-0.3, -0.25) is 0 Å². The Bertz CT molecular complexity index is 578. The molecule has 0 radical (unpaired) electrons. The van der Waals surface area contributed by atoms with Crippen LogP contribution in [0.5, 0.6) is 5.75 Å². The van der Waals surface area contributed by atoms with Crippen molar-refractivity contribution >= 4 is 5.97 Å². The van der Waals surface area contributed by atoms with Gasteiger partial charge < -0.3 is 9.84 Å². The Morgan fingerprint density at radius 2 is 1.76 bits per heavy atom. The van der Waals surface area contributed by atoms with Gasteiger partial charge in [0.15, 0.2) is 0 Å². The van der Waals surface area contributed by atoms with Gasteiger partial charge in [-0.05, 0) is 83.1 Å². The summed E-state index contributed by atoms with van der Waals surface area (Å²) in [7, 11) is 0. The third kappa shape index (κ3) is 9.75. The predicted molar refractivity (Wildman–Crippen MR) is 104 cm³/mol. The summed E-state index contributed by atoms with van der Waals surface area (Å²) in [6.07, 6.45) is 9.91. The molecule has 0 aliphatic heterocycles. The van der Waals surface area contributed by atoms with E-state index in [0.717, 1.165) is 32.1 Å². The van der Waals surface area contributed by atoms with E-state index in [2.05, 4.69) is 39.8 Å². The molecule has 25 heavy (non-hydrogen) atoms. The molecule has 1 unspecified atom stereocenters. The van der Waals surface area contributed by atoms with Crippen molar-refractivity contribution in [2.75, 3.05) is 6.61 Å². The summed E-state index contributed by atoms with van der Waals surface area (Å²) in [6.45, 7) is 9.10. The Kier molecular flexibility index (Phi) is 9.68. The monoisotopic (exact) mass is 344 g/mol. The first-order valence-corrected chi connectivity index (χ1v) is 9.13. The molecule has 0 fully saturated rings. The molecule has 0 saturated heterocycles. The largest absolute Gasteiger partial charge is 0.508 e. The highest BCUT2D eigenvalue weighted by atomic mass is 16.5. The summed E-state index contributed by atoms with van der Waals surface area (Å²) < 4.78 is 5.30. The van der Waals surface area contributed by atoms with E-state index in [0.29, 0.717) is 18.1 Å². The number of carbonyl (C=O) groups is 1. The number of phenolic OH excluding ortho intramolecular Hbond substituents is 1. The van der Waals surface area contributed by atoms with Crippen LogP contribution in [0.15, 0.2) is 47.6 Å². The Morgan fingerprint density at radius 1 is 1.08 bits per heavy atom. The molecule has 0 spiro atoms. The first kappa shape index (κ1) is 21.0. The highest BCUT2D eigenvalue weighted by molar-refractivity contribution is 5.89. The topological polar surface area (TPSA) is 46.5 Å². The van der Waals surface area contributed by atoms with Gasteiger partial charge in [-0.15, -0.1) is 0 Å². The van der Waals surface area contributed by atoms with E-state index in [4.69, 9.17) is 4.74 Å². The van der Waals surface area contributed by atoms with Crippen molar-refractivity contribution < 1.29 is 14.6 Å². The fraction of sp³-hybridized carbons (Fsp3) is 0.500. The van der Waals surface area contributed by atoms with E-state index in [-0.39, 0.29) is 11.7 Å². The lowest BCUT2D eigenvalue weighted by molar-refractivity contribution is 0.0484. The van der Waals surface area contributed by atoms with Crippen LogP contribution in [0.3, 0.4) is 0 Å². The lowest BCUT2D eigenvalue weighted by atomic mass is 10.0. The molecule has 1 N–H and O–H groups in total. The molecule has 0 aliphatic carbocycles. The fourth-order valence-electron chi connectivity index (χ4n) is 2.48. The minimum Gasteiger partial charge on any atom is -0.508 e. The zero-order chi connectivity index (χ0) is 18.7. The summed E-state index contributed by atoms with van der Waals surface area (Å²) in [4.78, 5) is 11.9. The second-order valence-corrected chi connectivity index (χ2v) is 7.02. The highest BCUT2D eigenvalue weighted by Gasteiger charge is 2.08. The molecule has 0 heterocycles. The molecule has 1 aromatic carbocycles. The van der Waals surface area contributed by atoms with Crippen LogP contribution < -0.4 is 0 Å². The van der Waals surface area contributed by atoms with Crippen LogP contribution >= 0.6 is 0 Å². The van der Waals surface area contributed by atoms with Gasteiger partial charge in [-0.25, -0.2) is 4.79 Å². The molecule has 138 valence electrons. The number of carbonyl (C=O) groups excluding carboxylic acids is 1. The minimum absolute atomic E-state index is 0.148. The van der Waals surface area contributed by atoms with Crippen molar-refractivity contribution in [1.82, 2.24) is 0 Å². The van der Waals surface area contributed by atoms with Gasteiger partial charge in [0.05, 0.1) is 12.2 Å². The summed E-state index contributed by atoms with van der Waals surface area (Å²) in [5.41, 5.74) is 3.30.